The number of amides is 1. The van der Waals surface area contributed by atoms with Crippen molar-refractivity contribution in [3.8, 4) is 11.5 Å². The predicted molar refractivity (Wildman–Crippen MR) is 105 cm³/mol. The molecule has 4 rings (SSSR count). The number of carbonyl (C=O) groups is 1. The molecule has 2 aromatic rings. The van der Waals surface area contributed by atoms with E-state index in [0.717, 1.165) is 5.69 Å². The highest BCUT2D eigenvalue weighted by Crippen LogP contribution is 2.34. The number of benzene rings is 1. The lowest BCUT2D eigenvalue weighted by atomic mass is 10.2. The molecule has 2 aliphatic rings. The molecule has 0 spiro atoms. The molecule has 2 aliphatic heterocycles. The van der Waals surface area contributed by atoms with Crippen molar-refractivity contribution in [2.75, 3.05) is 26.3 Å². The summed E-state index contributed by atoms with van der Waals surface area (Å²) < 4.78 is 38.6. The lowest BCUT2D eigenvalue weighted by Gasteiger charge is -2.24. The monoisotopic (exact) mass is 417 g/mol. The average Bonchev–Trinajstić information content (AvgIpc) is 3.25. The van der Waals surface area contributed by atoms with Crippen molar-refractivity contribution >= 4 is 15.9 Å². The van der Waals surface area contributed by atoms with Gasteiger partial charge in [0.25, 0.3) is 0 Å². The van der Waals surface area contributed by atoms with Gasteiger partial charge >= 0.3 is 0 Å². The van der Waals surface area contributed by atoms with E-state index in [4.69, 9.17) is 9.47 Å². The maximum absolute atomic E-state index is 13.2. The highest BCUT2D eigenvalue weighted by atomic mass is 32.2. The van der Waals surface area contributed by atoms with Crippen molar-refractivity contribution in [3.63, 3.8) is 0 Å². The smallest absolute Gasteiger partial charge is 0.243 e. The molecule has 0 bridgehead atoms. The molecule has 1 saturated heterocycles. The van der Waals surface area contributed by atoms with Gasteiger partial charge in [0, 0.05) is 37.5 Å². The summed E-state index contributed by atoms with van der Waals surface area (Å²) in [5.74, 6) is 0.660. The topological polar surface area (TPSA) is 97.8 Å². The van der Waals surface area contributed by atoms with Gasteiger partial charge in [0.1, 0.15) is 19.3 Å². The minimum atomic E-state index is -3.82. The van der Waals surface area contributed by atoms with Crippen LogP contribution in [0.3, 0.4) is 0 Å². The Hall–Kier alpha value is -2.65. The Labute approximate surface area is 169 Å². The third-order valence-corrected chi connectivity index (χ3v) is 6.94. The summed E-state index contributed by atoms with van der Waals surface area (Å²) in [5.41, 5.74) is 0.875. The van der Waals surface area contributed by atoms with Crippen LogP contribution in [0.1, 0.15) is 18.5 Å². The van der Waals surface area contributed by atoms with Crippen LogP contribution in [-0.2, 0) is 21.2 Å². The maximum Gasteiger partial charge on any atom is 0.243 e. The lowest BCUT2D eigenvalue weighted by Crippen LogP contribution is -2.46. The van der Waals surface area contributed by atoms with Crippen LogP contribution < -0.4 is 14.8 Å². The van der Waals surface area contributed by atoms with Gasteiger partial charge in [0.05, 0.1) is 4.90 Å². The van der Waals surface area contributed by atoms with Crippen LogP contribution in [0.15, 0.2) is 47.5 Å². The Bertz CT molecular complexity index is 981. The van der Waals surface area contributed by atoms with Crippen LogP contribution in [-0.4, -0.2) is 56.0 Å². The Morgan fingerprint density at radius 2 is 2.00 bits per heavy atom. The first-order valence-electron chi connectivity index (χ1n) is 9.65. The molecule has 0 radical (unpaired) electrons. The third kappa shape index (κ3) is 4.20. The average molecular weight is 417 g/mol. The van der Waals surface area contributed by atoms with E-state index in [1.54, 1.807) is 12.3 Å². The fraction of sp³-hybridized carbons (Fsp3) is 0.400. The van der Waals surface area contributed by atoms with Crippen molar-refractivity contribution in [1.82, 2.24) is 14.6 Å². The number of nitrogens with zero attached hydrogens (tertiary/aromatic N) is 2. The normalized spacial score (nSPS) is 19.1. The van der Waals surface area contributed by atoms with Crippen molar-refractivity contribution in [2.24, 2.45) is 0 Å². The van der Waals surface area contributed by atoms with E-state index in [1.807, 2.05) is 18.2 Å². The molecular formula is C20H23N3O5S. The Balaban J connectivity index is 1.44. The van der Waals surface area contributed by atoms with Crippen molar-refractivity contribution in [1.29, 1.82) is 0 Å². The zero-order valence-electron chi connectivity index (χ0n) is 15.9. The van der Waals surface area contributed by atoms with Crippen LogP contribution in [0.25, 0.3) is 0 Å². The third-order valence-electron chi connectivity index (χ3n) is 5.03. The van der Waals surface area contributed by atoms with Gasteiger partial charge in [-0.15, -0.1) is 0 Å². The van der Waals surface area contributed by atoms with Gasteiger partial charge in [0.2, 0.25) is 15.9 Å². The number of ether oxygens (including phenoxy) is 2. The van der Waals surface area contributed by atoms with Crippen molar-refractivity contribution < 1.29 is 22.7 Å². The van der Waals surface area contributed by atoms with E-state index in [-0.39, 0.29) is 10.8 Å². The van der Waals surface area contributed by atoms with Gasteiger partial charge < -0.3 is 14.8 Å². The molecule has 3 heterocycles. The van der Waals surface area contributed by atoms with E-state index in [0.29, 0.717) is 57.1 Å². The van der Waals surface area contributed by atoms with Gasteiger partial charge in [0.15, 0.2) is 11.5 Å². The summed E-state index contributed by atoms with van der Waals surface area (Å²) in [7, 11) is -3.82. The SMILES string of the molecule is O=C(NCCc1ccccn1)[C@H]1CCCN1S(=O)(=O)c1ccc2c(c1)OCCO2. The quantitative estimate of drug-likeness (QED) is 0.762. The number of carbonyl (C=O) groups excluding carboxylic acids is 1. The molecular weight excluding hydrogens is 394 g/mol. The summed E-state index contributed by atoms with van der Waals surface area (Å²) >= 11 is 0. The predicted octanol–water partition coefficient (Wildman–Crippen LogP) is 1.36. The Morgan fingerprint density at radius 3 is 2.79 bits per heavy atom. The highest BCUT2D eigenvalue weighted by molar-refractivity contribution is 7.89. The number of rotatable bonds is 6. The molecule has 0 unspecified atom stereocenters. The van der Waals surface area contributed by atoms with Crippen LogP contribution in [0.2, 0.25) is 0 Å². The molecule has 1 fully saturated rings. The maximum atomic E-state index is 13.2. The minimum absolute atomic E-state index is 0.106. The van der Waals surface area contributed by atoms with Gasteiger partial charge in [-0.1, -0.05) is 6.07 Å². The fourth-order valence-corrected chi connectivity index (χ4v) is 5.26. The number of nitrogens with one attached hydrogen (secondary N) is 1. The molecule has 1 aromatic heterocycles. The number of pyridine rings is 1. The molecule has 0 aliphatic carbocycles. The molecule has 1 atom stereocenters. The van der Waals surface area contributed by atoms with E-state index in [9.17, 15) is 13.2 Å². The second-order valence-corrected chi connectivity index (χ2v) is 8.83. The van der Waals surface area contributed by atoms with Gasteiger partial charge in [-0.3, -0.25) is 9.78 Å². The fourth-order valence-electron chi connectivity index (χ4n) is 3.59. The first-order chi connectivity index (χ1) is 14.1. The Kier molecular flexibility index (Phi) is 5.68. The number of sulfonamides is 1. The second kappa shape index (κ2) is 8.38. The standard InChI is InChI=1S/C20H23N3O5S/c24-20(22-10-8-15-4-1-2-9-21-15)17-5-3-11-23(17)29(25,26)16-6-7-18-19(14-16)28-13-12-27-18/h1-2,4,6-7,9,14,17H,3,5,8,10-13H2,(H,22,24)/t17-/m1/s1. The van der Waals surface area contributed by atoms with Crippen LogP contribution in [0, 0.1) is 0 Å². The lowest BCUT2D eigenvalue weighted by molar-refractivity contribution is -0.124. The van der Waals surface area contributed by atoms with Crippen LogP contribution in [0.5, 0.6) is 11.5 Å². The first kappa shape index (κ1) is 19.7. The summed E-state index contributed by atoms with van der Waals surface area (Å²) in [6.07, 6.45) is 3.44. The molecule has 154 valence electrons. The summed E-state index contributed by atoms with van der Waals surface area (Å²) in [4.78, 5) is 17.0. The molecule has 8 nitrogen and oxygen atoms in total. The van der Waals surface area contributed by atoms with Crippen LogP contribution >= 0.6 is 0 Å². The van der Waals surface area contributed by atoms with Crippen molar-refractivity contribution in [3.05, 3.63) is 48.3 Å². The molecule has 29 heavy (non-hydrogen) atoms. The summed E-state index contributed by atoms with van der Waals surface area (Å²) in [5, 5.41) is 2.85. The Morgan fingerprint density at radius 1 is 1.17 bits per heavy atom. The largest absolute Gasteiger partial charge is 0.486 e. The van der Waals surface area contributed by atoms with Gasteiger partial charge in [-0.2, -0.15) is 4.31 Å². The van der Waals surface area contributed by atoms with Gasteiger partial charge in [-0.25, -0.2) is 8.42 Å². The minimum Gasteiger partial charge on any atom is -0.486 e. The number of hydrogen-bond acceptors (Lipinski definition) is 6. The summed E-state index contributed by atoms with van der Waals surface area (Å²) in [6.45, 7) is 1.53. The zero-order chi connectivity index (χ0) is 20.3. The molecule has 1 N–H and O–H groups in total. The first-order valence-corrected chi connectivity index (χ1v) is 11.1. The number of fused-ring (bicyclic) bond motifs is 1. The number of aromatic nitrogens is 1. The molecule has 1 amide bonds. The highest BCUT2D eigenvalue weighted by Gasteiger charge is 2.39. The van der Waals surface area contributed by atoms with Crippen LogP contribution in [0.4, 0.5) is 0 Å². The number of hydrogen-bond donors (Lipinski definition) is 1. The molecule has 1 aromatic carbocycles. The van der Waals surface area contributed by atoms with E-state index in [1.165, 1.54) is 16.4 Å². The second-order valence-electron chi connectivity index (χ2n) is 6.94. The molecule has 9 heteroatoms. The molecule has 0 saturated carbocycles. The summed E-state index contributed by atoms with van der Waals surface area (Å²) in [6, 6.07) is 9.47. The van der Waals surface area contributed by atoms with Gasteiger partial charge in [-0.05, 0) is 37.1 Å². The van der Waals surface area contributed by atoms with Crippen molar-refractivity contribution in [2.45, 2.75) is 30.2 Å². The zero-order valence-corrected chi connectivity index (χ0v) is 16.7. The van der Waals surface area contributed by atoms with E-state index < -0.39 is 16.1 Å². The van der Waals surface area contributed by atoms with E-state index >= 15 is 0 Å². The van der Waals surface area contributed by atoms with E-state index in [2.05, 4.69) is 10.3 Å².